The summed E-state index contributed by atoms with van der Waals surface area (Å²) in [7, 11) is 0. The molecule has 0 aliphatic rings. The number of hydrogen-bond acceptors (Lipinski definition) is 4. The monoisotopic (exact) mass is 370 g/mol. The second-order valence-corrected chi connectivity index (χ2v) is 6.65. The number of ether oxygens (including phenoxy) is 1. The third kappa shape index (κ3) is 7.50. The molecule has 0 heterocycles. The molecular weight excluding hydrogens is 344 g/mol. The molecule has 1 amide bonds. The van der Waals surface area contributed by atoms with Crippen molar-refractivity contribution in [3.05, 3.63) is 71.3 Å². The maximum absolute atomic E-state index is 11.9. The van der Waals surface area contributed by atoms with E-state index < -0.39 is 18.1 Å². The van der Waals surface area contributed by atoms with Gasteiger partial charge < -0.3 is 20.5 Å². The molecule has 0 fully saturated rings. The highest BCUT2D eigenvalue weighted by atomic mass is 16.5. The van der Waals surface area contributed by atoms with Gasteiger partial charge in [-0.2, -0.15) is 0 Å². The van der Waals surface area contributed by atoms with Gasteiger partial charge in [0.2, 0.25) is 0 Å². The molecule has 6 heteroatoms. The van der Waals surface area contributed by atoms with E-state index in [0.29, 0.717) is 6.04 Å². The first kappa shape index (κ1) is 20.5. The summed E-state index contributed by atoms with van der Waals surface area (Å²) in [5, 5.41) is 15.1. The fourth-order valence-electron chi connectivity index (χ4n) is 2.46. The Kier molecular flexibility index (Phi) is 7.82. The van der Waals surface area contributed by atoms with Crippen LogP contribution in [0.5, 0.6) is 0 Å². The minimum absolute atomic E-state index is 0.0938. The van der Waals surface area contributed by atoms with Crippen LogP contribution < -0.4 is 10.6 Å². The summed E-state index contributed by atoms with van der Waals surface area (Å²) in [5.74, 6) is -1.10. The molecule has 144 valence electrons. The first-order valence-electron chi connectivity index (χ1n) is 8.95. The Hall–Kier alpha value is -2.86. The highest BCUT2D eigenvalue weighted by molar-refractivity contribution is 5.80. The fraction of sp³-hybridized carbons (Fsp3) is 0.333. The summed E-state index contributed by atoms with van der Waals surface area (Å²) in [6, 6.07) is 16.2. The van der Waals surface area contributed by atoms with Crippen molar-refractivity contribution in [2.45, 2.75) is 45.5 Å². The lowest BCUT2D eigenvalue weighted by molar-refractivity contribution is -0.139. The van der Waals surface area contributed by atoms with Crippen molar-refractivity contribution in [2.24, 2.45) is 0 Å². The van der Waals surface area contributed by atoms with Crippen LogP contribution in [0.25, 0.3) is 0 Å². The van der Waals surface area contributed by atoms with Crippen LogP contribution in [0.3, 0.4) is 0 Å². The third-order valence-corrected chi connectivity index (χ3v) is 3.98. The lowest BCUT2D eigenvalue weighted by Gasteiger charge is -2.15. The van der Waals surface area contributed by atoms with Gasteiger partial charge in [0.05, 0.1) is 0 Å². The normalized spacial score (nSPS) is 11.8. The van der Waals surface area contributed by atoms with Crippen LogP contribution in [-0.4, -0.2) is 29.3 Å². The quantitative estimate of drug-likeness (QED) is 0.631. The molecule has 1 atom stereocenters. The molecule has 0 spiro atoms. The highest BCUT2D eigenvalue weighted by Crippen LogP contribution is 2.08. The van der Waals surface area contributed by atoms with E-state index in [9.17, 15) is 14.7 Å². The van der Waals surface area contributed by atoms with Crippen LogP contribution in [0, 0.1) is 0 Å². The van der Waals surface area contributed by atoms with E-state index in [0.717, 1.165) is 23.2 Å². The summed E-state index contributed by atoms with van der Waals surface area (Å²) in [5.41, 5.74) is 2.79. The van der Waals surface area contributed by atoms with Gasteiger partial charge in [-0.25, -0.2) is 9.59 Å². The Morgan fingerprint density at radius 2 is 1.59 bits per heavy atom. The maximum atomic E-state index is 11.9. The van der Waals surface area contributed by atoms with Crippen molar-refractivity contribution in [3.63, 3.8) is 0 Å². The summed E-state index contributed by atoms with van der Waals surface area (Å²) < 4.78 is 5.10. The van der Waals surface area contributed by atoms with E-state index in [-0.39, 0.29) is 13.0 Å². The summed E-state index contributed by atoms with van der Waals surface area (Å²) >= 11 is 0. The van der Waals surface area contributed by atoms with E-state index in [1.807, 2.05) is 54.6 Å². The first-order chi connectivity index (χ1) is 12.9. The standard InChI is InChI=1S/C21H26N2O4/c1-15(2)22-13-17-10-8-16(9-11-17)12-19(20(24)25)23-21(26)27-14-18-6-4-3-5-7-18/h3-11,15,19,22H,12-14H2,1-2H3,(H,23,26)(H,24,25)/t19-/m0/s1. The van der Waals surface area contributed by atoms with Gasteiger partial charge in [-0.15, -0.1) is 0 Å². The number of hydrogen-bond donors (Lipinski definition) is 3. The lowest BCUT2D eigenvalue weighted by atomic mass is 10.0. The van der Waals surface area contributed by atoms with Crippen LogP contribution >= 0.6 is 0 Å². The number of rotatable bonds is 9. The Balaban J connectivity index is 1.87. The van der Waals surface area contributed by atoms with E-state index in [4.69, 9.17) is 4.74 Å². The molecule has 0 unspecified atom stereocenters. The van der Waals surface area contributed by atoms with Crippen molar-refractivity contribution in [3.8, 4) is 0 Å². The van der Waals surface area contributed by atoms with Gasteiger partial charge in [-0.1, -0.05) is 68.4 Å². The number of benzene rings is 2. The van der Waals surface area contributed by atoms with Crippen LogP contribution in [-0.2, 0) is 29.1 Å². The minimum atomic E-state index is -1.10. The highest BCUT2D eigenvalue weighted by Gasteiger charge is 2.21. The second-order valence-electron chi connectivity index (χ2n) is 6.65. The van der Waals surface area contributed by atoms with Crippen LogP contribution in [0.1, 0.15) is 30.5 Å². The van der Waals surface area contributed by atoms with E-state index in [1.54, 1.807) is 0 Å². The average Bonchev–Trinajstić information content (AvgIpc) is 2.66. The van der Waals surface area contributed by atoms with E-state index in [1.165, 1.54) is 0 Å². The Labute approximate surface area is 159 Å². The Bertz CT molecular complexity index is 730. The van der Waals surface area contributed by atoms with Crippen molar-refractivity contribution in [2.75, 3.05) is 0 Å². The fourth-order valence-corrected chi connectivity index (χ4v) is 2.46. The van der Waals surface area contributed by atoms with Crippen LogP contribution in [0.15, 0.2) is 54.6 Å². The van der Waals surface area contributed by atoms with Gasteiger partial charge in [0.25, 0.3) is 0 Å². The SMILES string of the molecule is CC(C)NCc1ccc(C[C@H](NC(=O)OCc2ccccc2)C(=O)O)cc1. The molecule has 27 heavy (non-hydrogen) atoms. The van der Waals surface area contributed by atoms with Gasteiger partial charge in [0.15, 0.2) is 0 Å². The molecule has 2 aromatic rings. The van der Waals surface area contributed by atoms with Crippen molar-refractivity contribution in [1.29, 1.82) is 0 Å². The topological polar surface area (TPSA) is 87.7 Å². The summed E-state index contributed by atoms with van der Waals surface area (Å²) in [4.78, 5) is 23.4. The van der Waals surface area contributed by atoms with Crippen molar-refractivity contribution in [1.82, 2.24) is 10.6 Å². The molecule has 3 N–H and O–H groups in total. The number of nitrogens with one attached hydrogen (secondary N) is 2. The van der Waals surface area contributed by atoms with Crippen molar-refractivity contribution < 1.29 is 19.4 Å². The predicted octanol–water partition coefficient (Wildman–Crippen LogP) is 3.11. The summed E-state index contributed by atoms with van der Waals surface area (Å²) in [6.45, 7) is 5.00. The molecule has 0 aromatic heterocycles. The van der Waals surface area contributed by atoms with Gasteiger partial charge in [-0.05, 0) is 16.7 Å². The van der Waals surface area contributed by atoms with Gasteiger partial charge in [-0.3, -0.25) is 0 Å². The zero-order valence-corrected chi connectivity index (χ0v) is 15.6. The Morgan fingerprint density at radius 3 is 2.19 bits per heavy atom. The molecule has 6 nitrogen and oxygen atoms in total. The molecule has 0 saturated carbocycles. The number of carbonyl (C=O) groups excluding carboxylic acids is 1. The van der Waals surface area contributed by atoms with Gasteiger partial charge >= 0.3 is 12.1 Å². The molecular formula is C21H26N2O4. The number of alkyl carbamates (subject to hydrolysis) is 1. The molecule has 0 radical (unpaired) electrons. The summed E-state index contributed by atoms with van der Waals surface area (Å²) in [6.07, 6.45) is -0.558. The average molecular weight is 370 g/mol. The largest absolute Gasteiger partial charge is 0.480 e. The van der Waals surface area contributed by atoms with Crippen molar-refractivity contribution >= 4 is 12.1 Å². The molecule has 2 rings (SSSR count). The van der Waals surface area contributed by atoms with E-state index >= 15 is 0 Å². The smallest absolute Gasteiger partial charge is 0.408 e. The molecule has 0 aliphatic carbocycles. The van der Waals surface area contributed by atoms with Gasteiger partial charge in [0.1, 0.15) is 12.6 Å². The number of carboxylic acids is 1. The number of carbonyl (C=O) groups is 2. The molecule has 2 aromatic carbocycles. The van der Waals surface area contributed by atoms with Crippen LogP contribution in [0.2, 0.25) is 0 Å². The van der Waals surface area contributed by atoms with Crippen LogP contribution in [0.4, 0.5) is 4.79 Å². The number of carboxylic acid groups (broad SMARTS) is 1. The van der Waals surface area contributed by atoms with E-state index in [2.05, 4.69) is 24.5 Å². The Morgan fingerprint density at radius 1 is 0.963 bits per heavy atom. The zero-order valence-electron chi connectivity index (χ0n) is 15.6. The molecule has 0 aliphatic heterocycles. The number of amides is 1. The predicted molar refractivity (Wildman–Crippen MR) is 103 cm³/mol. The minimum Gasteiger partial charge on any atom is -0.480 e. The maximum Gasteiger partial charge on any atom is 0.408 e. The number of aliphatic carboxylic acids is 1. The molecule has 0 bridgehead atoms. The first-order valence-corrected chi connectivity index (χ1v) is 8.95. The second kappa shape index (κ2) is 10.3. The molecule has 0 saturated heterocycles. The lowest BCUT2D eigenvalue weighted by Crippen LogP contribution is -2.42. The zero-order chi connectivity index (χ0) is 19.6. The third-order valence-electron chi connectivity index (χ3n) is 3.98. The van der Waals surface area contributed by atoms with Gasteiger partial charge in [0, 0.05) is 19.0 Å².